The van der Waals surface area contributed by atoms with Crippen LogP contribution in [0, 0.1) is 0 Å². The molecule has 0 fully saturated rings. The molecular formula is C12H24F3NO2S. The second-order valence-corrected chi connectivity index (χ2v) is 6.73. The first-order valence-corrected chi connectivity index (χ1v) is 8.38. The molecule has 0 rings (SSSR count). The molecule has 7 heteroatoms. The molecule has 0 heterocycles. The average Bonchev–Trinajstić information content (AvgIpc) is 2.26. The predicted molar refractivity (Wildman–Crippen MR) is 70.5 cm³/mol. The van der Waals surface area contributed by atoms with Crippen LogP contribution in [0.2, 0.25) is 0 Å². The van der Waals surface area contributed by atoms with Crippen LogP contribution in [-0.4, -0.2) is 37.7 Å². The Balaban J connectivity index is 4.41. The van der Waals surface area contributed by atoms with E-state index in [9.17, 15) is 21.6 Å². The van der Waals surface area contributed by atoms with Crippen LogP contribution < -0.4 is 0 Å². The van der Waals surface area contributed by atoms with Crippen LogP contribution in [0.25, 0.3) is 0 Å². The van der Waals surface area contributed by atoms with Crippen LogP contribution in [-0.2, 0) is 10.0 Å². The maximum absolute atomic E-state index is 12.0. The minimum Gasteiger partial charge on any atom is -0.212 e. The number of alkyl halides is 3. The second kappa shape index (κ2) is 8.79. The summed E-state index contributed by atoms with van der Waals surface area (Å²) >= 11 is 0. The summed E-state index contributed by atoms with van der Waals surface area (Å²) in [4.78, 5) is 0. The van der Waals surface area contributed by atoms with Gasteiger partial charge < -0.3 is 0 Å². The quantitative estimate of drug-likeness (QED) is 0.619. The summed E-state index contributed by atoms with van der Waals surface area (Å²) in [5.74, 6) is -0.417. The maximum atomic E-state index is 12.0. The van der Waals surface area contributed by atoms with Gasteiger partial charge in [0.1, 0.15) is 0 Å². The van der Waals surface area contributed by atoms with Gasteiger partial charge in [0.25, 0.3) is 0 Å². The van der Waals surface area contributed by atoms with Crippen LogP contribution >= 0.6 is 0 Å². The van der Waals surface area contributed by atoms with Crippen LogP contribution in [0.1, 0.15) is 52.4 Å². The fourth-order valence-electron chi connectivity index (χ4n) is 1.64. The molecule has 0 aromatic carbocycles. The van der Waals surface area contributed by atoms with Crippen LogP contribution in [0.3, 0.4) is 0 Å². The molecule has 0 spiro atoms. The predicted octanol–water partition coefficient (Wildman–Crippen LogP) is 3.56. The van der Waals surface area contributed by atoms with Crippen molar-refractivity contribution in [1.29, 1.82) is 0 Å². The number of halogens is 3. The first kappa shape index (κ1) is 18.7. The Labute approximate surface area is 114 Å². The van der Waals surface area contributed by atoms with Gasteiger partial charge in [0, 0.05) is 19.5 Å². The molecule has 116 valence electrons. The van der Waals surface area contributed by atoms with Crippen molar-refractivity contribution in [2.24, 2.45) is 0 Å². The lowest BCUT2D eigenvalue weighted by molar-refractivity contribution is -0.134. The van der Waals surface area contributed by atoms with Gasteiger partial charge in [-0.2, -0.15) is 13.2 Å². The van der Waals surface area contributed by atoms with Crippen molar-refractivity contribution in [1.82, 2.24) is 4.31 Å². The van der Waals surface area contributed by atoms with Gasteiger partial charge in [0.2, 0.25) is 10.0 Å². The Morgan fingerprint density at radius 3 is 1.79 bits per heavy atom. The fraction of sp³-hybridized carbons (Fsp3) is 1.00. The monoisotopic (exact) mass is 303 g/mol. The Kier molecular flexibility index (Phi) is 8.65. The average molecular weight is 303 g/mol. The Bertz CT molecular complexity index is 320. The molecule has 0 aliphatic heterocycles. The molecule has 0 radical (unpaired) electrons. The zero-order chi connectivity index (χ0) is 14.9. The summed E-state index contributed by atoms with van der Waals surface area (Å²) in [5, 5.41) is 0. The van der Waals surface area contributed by atoms with E-state index >= 15 is 0 Å². The van der Waals surface area contributed by atoms with E-state index in [-0.39, 0.29) is 6.42 Å². The molecule has 0 bridgehead atoms. The van der Waals surface area contributed by atoms with E-state index in [1.165, 1.54) is 4.31 Å². The number of rotatable bonds is 10. The van der Waals surface area contributed by atoms with E-state index in [1.54, 1.807) is 0 Å². The van der Waals surface area contributed by atoms with Gasteiger partial charge >= 0.3 is 6.18 Å². The molecule has 0 saturated carbocycles. The van der Waals surface area contributed by atoms with Gasteiger partial charge in [-0.3, -0.25) is 0 Å². The van der Waals surface area contributed by atoms with Crippen molar-refractivity contribution in [3.05, 3.63) is 0 Å². The zero-order valence-corrected chi connectivity index (χ0v) is 12.5. The van der Waals surface area contributed by atoms with E-state index in [2.05, 4.69) is 0 Å². The van der Waals surface area contributed by atoms with Crippen molar-refractivity contribution in [2.45, 2.75) is 58.5 Å². The summed E-state index contributed by atoms with van der Waals surface area (Å²) in [6, 6.07) is 0. The zero-order valence-electron chi connectivity index (χ0n) is 11.7. The molecule has 0 unspecified atom stereocenters. The number of nitrogens with zero attached hydrogens (tertiary/aromatic N) is 1. The van der Waals surface area contributed by atoms with Gasteiger partial charge in [0.15, 0.2) is 0 Å². The van der Waals surface area contributed by atoms with Gasteiger partial charge in [0.05, 0.1) is 5.75 Å². The molecule has 19 heavy (non-hydrogen) atoms. The van der Waals surface area contributed by atoms with E-state index < -0.39 is 28.4 Å². The molecule has 0 amide bonds. The highest BCUT2D eigenvalue weighted by atomic mass is 32.2. The largest absolute Gasteiger partial charge is 0.389 e. The Morgan fingerprint density at radius 2 is 1.42 bits per heavy atom. The minimum absolute atomic E-state index is 0.361. The smallest absolute Gasteiger partial charge is 0.212 e. The summed E-state index contributed by atoms with van der Waals surface area (Å²) in [5.41, 5.74) is 0. The number of sulfonamides is 1. The third-order valence-corrected chi connectivity index (χ3v) is 4.73. The van der Waals surface area contributed by atoms with E-state index in [1.807, 2.05) is 13.8 Å². The highest BCUT2D eigenvalue weighted by molar-refractivity contribution is 7.89. The molecule has 0 aliphatic carbocycles. The van der Waals surface area contributed by atoms with E-state index in [0.29, 0.717) is 13.1 Å². The molecule has 0 saturated heterocycles. The molecule has 3 nitrogen and oxygen atoms in total. The van der Waals surface area contributed by atoms with Crippen LogP contribution in [0.4, 0.5) is 13.2 Å². The summed E-state index contributed by atoms with van der Waals surface area (Å²) in [6.45, 7) is 4.72. The van der Waals surface area contributed by atoms with Crippen LogP contribution in [0.15, 0.2) is 0 Å². The standard InChI is InChI=1S/C12H24F3NO2S/c1-3-5-9-16(10-6-4-2)19(17,18)11-7-8-12(13,14)15/h3-11H2,1-2H3. The molecule has 0 N–H and O–H groups in total. The summed E-state index contributed by atoms with van der Waals surface area (Å²) in [7, 11) is -3.56. The third-order valence-electron chi connectivity index (χ3n) is 2.78. The van der Waals surface area contributed by atoms with Crippen molar-refractivity contribution >= 4 is 10.0 Å². The number of hydrogen-bond donors (Lipinski definition) is 0. The lowest BCUT2D eigenvalue weighted by atomic mass is 10.3. The second-order valence-electron chi connectivity index (χ2n) is 4.64. The van der Waals surface area contributed by atoms with Gasteiger partial charge in [-0.15, -0.1) is 0 Å². The van der Waals surface area contributed by atoms with Crippen molar-refractivity contribution in [2.75, 3.05) is 18.8 Å². The van der Waals surface area contributed by atoms with Gasteiger partial charge in [-0.05, 0) is 19.3 Å². The number of hydrogen-bond acceptors (Lipinski definition) is 2. The van der Waals surface area contributed by atoms with Gasteiger partial charge in [-0.25, -0.2) is 12.7 Å². The summed E-state index contributed by atoms with van der Waals surface area (Å²) < 4.78 is 61.4. The van der Waals surface area contributed by atoms with Crippen LogP contribution in [0.5, 0.6) is 0 Å². The Hall–Kier alpha value is -0.300. The molecule has 0 atom stereocenters. The van der Waals surface area contributed by atoms with Crippen molar-refractivity contribution < 1.29 is 21.6 Å². The Morgan fingerprint density at radius 1 is 0.947 bits per heavy atom. The van der Waals surface area contributed by atoms with E-state index in [0.717, 1.165) is 25.7 Å². The van der Waals surface area contributed by atoms with E-state index in [4.69, 9.17) is 0 Å². The first-order chi connectivity index (χ1) is 8.73. The molecule has 0 aliphatic rings. The minimum atomic E-state index is -4.28. The van der Waals surface area contributed by atoms with Crippen molar-refractivity contribution in [3.63, 3.8) is 0 Å². The lowest BCUT2D eigenvalue weighted by Crippen LogP contribution is -2.35. The van der Waals surface area contributed by atoms with Crippen molar-refractivity contribution in [3.8, 4) is 0 Å². The van der Waals surface area contributed by atoms with Gasteiger partial charge in [-0.1, -0.05) is 26.7 Å². The first-order valence-electron chi connectivity index (χ1n) is 6.77. The highest BCUT2D eigenvalue weighted by Gasteiger charge is 2.28. The normalized spacial score (nSPS) is 13.2. The SMILES string of the molecule is CCCCN(CCCC)S(=O)(=O)CCCC(F)(F)F. The lowest BCUT2D eigenvalue weighted by Gasteiger charge is -2.22. The third kappa shape index (κ3) is 9.27. The summed E-state index contributed by atoms with van der Waals surface area (Å²) in [6.07, 6.45) is -2.48. The topological polar surface area (TPSA) is 37.4 Å². The maximum Gasteiger partial charge on any atom is 0.389 e. The number of unbranched alkanes of at least 4 members (excludes halogenated alkanes) is 2. The molecule has 0 aromatic rings. The highest BCUT2D eigenvalue weighted by Crippen LogP contribution is 2.22. The fourth-order valence-corrected chi connectivity index (χ4v) is 3.22. The molecule has 0 aromatic heterocycles. The molecular weight excluding hydrogens is 279 g/mol.